The van der Waals surface area contributed by atoms with Crippen LogP contribution >= 0.6 is 0 Å². The molecule has 7 rings (SSSR count). The van der Waals surface area contributed by atoms with Crippen molar-refractivity contribution in [1.82, 2.24) is 0 Å². The maximum atomic E-state index is 15.4. The Morgan fingerprint density at radius 1 is 0.762 bits per heavy atom. The van der Waals surface area contributed by atoms with Gasteiger partial charge in [-0.2, -0.15) is 0 Å². The van der Waals surface area contributed by atoms with Crippen LogP contribution in [0.15, 0.2) is 24.3 Å². The molecule has 16 heteroatoms. The predicted molar refractivity (Wildman–Crippen MR) is 222 cm³/mol. The third kappa shape index (κ3) is 6.24. The topological polar surface area (TPSA) is 267 Å². The van der Waals surface area contributed by atoms with E-state index in [1.54, 1.807) is 6.92 Å². The molecule has 354 valence electrons. The number of carbonyl (C=O) groups is 4. The summed E-state index contributed by atoms with van der Waals surface area (Å²) in [5.74, 6) is -6.51. The highest BCUT2D eigenvalue weighted by Gasteiger charge is 2.79. The van der Waals surface area contributed by atoms with Gasteiger partial charge >= 0.3 is 17.9 Å². The molecule has 63 heavy (non-hydrogen) atoms. The smallest absolute Gasteiger partial charge is 0.335 e. The normalized spacial score (nSPS) is 54.3. The molecule has 0 spiro atoms. The van der Waals surface area contributed by atoms with Gasteiger partial charge in [-0.05, 0) is 97.4 Å². The first-order chi connectivity index (χ1) is 29.0. The highest BCUT2D eigenvalue weighted by atomic mass is 16.7. The number of carboxylic acids is 3. The molecule has 0 unspecified atom stereocenters. The Hall–Kier alpha value is -2.80. The molecule has 8 N–H and O–H groups in total. The Bertz CT molecular complexity index is 1940. The SMILES string of the molecule is C=C[C@]1(C)[C@@H](O[C@@H]2O[C@H](C(=O)O)[C@@H](O)[C@H](O)[C@H]2CO[C@@H]2O[C@H](C(=O)O)[C@@H](C)[C@H](O)[C@H]2O)CC[C@@]2(C)[C@@]1(C)CC[C@]1(C)[C@]2(C)C(=O)C=C2[C@@H]3C[C@@](C)(C(=O)O)[C@@H](O)C[C@]3(C)CC[C@]21C. The number of hydrogen-bond donors (Lipinski definition) is 8. The Morgan fingerprint density at radius 2 is 1.37 bits per heavy atom. The lowest BCUT2D eigenvalue weighted by atomic mass is 9.25. The summed E-state index contributed by atoms with van der Waals surface area (Å²) in [4.78, 5) is 52.3. The van der Waals surface area contributed by atoms with Gasteiger partial charge in [-0.1, -0.05) is 67.0 Å². The molecule has 0 aromatic heterocycles. The van der Waals surface area contributed by atoms with Crippen molar-refractivity contribution < 1.29 is 79.0 Å². The van der Waals surface area contributed by atoms with Gasteiger partial charge in [-0.3, -0.25) is 9.59 Å². The quantitative estimate of drug-likeness (QED) is 0.121. The summed E-state index contributed by atoms with van der Waals surface area (Å²) in [6.07, 6.45) is -7.50. The van der Waals surface area contributed by atoms with Crippen LogP contribution in [-0.2, 0) is 38.1 Å². The molecule has 6 fully saturated rings. The van der Waals surface area contributed by atoms with Crippen LogP contribution in [0.1, 0.15) is 114 Å². The van der Waals surface area contributed by atoms with Crippen molar-refractivity contribution in [3.05, 3.63) is 24.3 Å². The number of fused-ring (bicyclic) bond motifs is 7. The van der Waals surface area contributed by atoms with Gasteiger partial charge in [0.15, 0.2) is 30.6 Å². The summed E-state index contributed by atoms with van der Waals surface area (Å²) < 4.78 is 24.0. The van der Waals surface area contributed by atoms with E-state index < -0.39 is 136 Å². The van der Waals surface area contributed by atoms with E-state index in [1.165, 1.54) is 6.92 Å². The second-order valence-electron chi connectivity index (χ2n) is 22.3. The van der Waals surface area contributed by atoms with Crippen LogP contribution in [0.25, 0.3) is 0 Å². The van der Waals surface area contributed by atoms with Crippen LogP contribution in [0.3, 0.4) is 0 Å². The summed E-state index contributed by atoms with van der Waals surface area (Å²) in [7, 11) is 0. The van der Waals surface area contributed by atoms with Crippen molar-refractivity contribution in [1.29, 1.82) is 0 Å². The van der Waals surface area contributed by atoms with Gasteiger partial charge in [0.25, 0.3) is 0 Å². The summed E-state index contributed by atoms with van der Waals surface area (Å²) >= 11 is 0. The summed E-state index contributed by atoms with van der Waals surface area (Å²) in [6.45, 7) is 21.8. The van der Waals surface area contributed by atoms with E-state index in [4.69, 9.17) is 18.9 Å². The Balaban J connectivity index is 1.22. The van der Waals surface area contributed by atoms with Gasteiger partial charge in [0.1, 0.15) is 12.2 Å². The van der Waals surface area contributed by atoms with Crippen LogP contribution in [0.4, 0.5) is 0 Å². The molecule has 2 aliphatic heterocycles. The molecule has 0 aromatic carbocycles. The van der Waals surface area contributed by atoms with Gasteiger partial charge in [0, 0.05) is 16.7 Å². The maximum absolute atomic E-state index is 15.4. The number of aliphatic hydroxyl groups excluding tert-OH is 5. The molecule has 2 heterocycles. The number of ketones is 1. The first-order valence-electron chi connectivity index (χ1n) is 22.6. The average Bonchev–Trinajstić information content (AvgIpc) is 3.21. The molecule has 2 saturated heterocycles. The van der Waals surface area contributed by atoms with Crippen molar-refractivity contribution in [3.63, 3.8) is 0 Å². The van der Waals surface area contributed by atoms with Crippen LogP contribution in [0.2, 0.25) is 0 Å². The van der Waals surface area contributed by atoms with Crippen molar-refractivity contribution in [3.8, 4) is 0 Å². The fourth-order valence-corrected chi connectivity index (χ4v) is 14.6. The monoisotopic (exact) mass is 890 g/mol. The standard InChI is InChI=1S/C47H70O16/c1-11-42(5)28(61-37-23(30(51)31(52)34(63-37)36(56)57)21-60-38-32(53)29(50)22(2)33(62-38)35(54)55)12-13-46(9)44(42,7)16-17-45(8)43(6)15-14-40(3)20-27(49)41(4,39(58)59)19-25(40)24(43)18-26(48)47(45,46)10/h11,18,22-23,25,27-34,37-38,49-53H,1,12-17,19-21H2,2-10H3,(H,54,55)(H,56,57)(H,58,59)/t22-,23+,25-,27-,28-,29-,30+,31-,32+,33-,34-,37+,38+,40-,41+,42+,43+,44-,45-,46-,47-/m0/s1. The highest BCUT2D eigenvalue weighted by molar-refractivity contribution is 5.99. The average molecular weight is 891 g/mol. The summed E-state index contributed by atoms with van der Waals surface area (Å²) in [6, 6.07) is 0. The zero-order valence-corrected chi connectivity index (χ0v) is 38.1. The molecule has 5 aliphatic carbocycles. The van der Waals surface area contributed by atoms with E-state index in [0.29, 0.717) is 32.1 Å². The molecular weight excluding hydrogens is 821 g/mol. The number of ether oxygens (including phenoxy) is 4. The first-order valence-corrected chi connectivity index (χ1v) is 22.6. The van der Waals surface area contributed by atoms with E-state index in [0.717, 1.165) is 18.4 Å². The van der Waals surface area contributed by atoms with Crippen LogP contribution in [0.5, 0.6) is 0 Å². The largest absolute Gasteiger partial charge is 0.481 e. The third-order valence-corrected chi connectivity index (χ3v) is 20.2. The summed E-state index contributed by atoms with van der Waals surface area (Å²) in [5, 5.41) is 85.1. The first kappa shape index (κ1) is 48.1. The fraction of sp³-hybridized carbons (Fsp3) is 0.830. The van der Waals surface area contributed by atoms with Crippen LogP contribution in [0, 0.1) is 61.1 Å². The molecule has 21 atom stereocenters. The number of aliphatic hydroxyl groups is 5. The fourth-order valence-electron chi connectivity index (χ4n) is 14.6. The number of rotatable bonds is 9. The van der Waals surface area contributed by atoms with Gasteiger partial charge < -0.3 is 59.8 Å². The van der Waals surface area contributed by atoms with Gasteiger partial charge in [0.05, 0.1) is 42.4 Å². The van der Waals surface area contributed by atoms with E-state index in [1.807, 2.05) is 19.1 Å². The Labute approximate surface area is 369 Å². The van der Waals surface area contributed by atoms with E-state index in [9.17, 15) is 55.2 Å². The van der Waals surface area contributed by atoms with Gasteiger partial charge in [-0.25, -0.2) is 9.59 Å². The number of hydrogen-bond acceptors (Lipinski definition) is 13. The van der Waals surface area contributed by atoms with Crippen molar-refractivity contribution >= 4 is 23.7 Å². The minimum atomic E-state index is -1.93. The lowest BCUT2D eigenvalue weighted by Crippen LogP contribution is -2.75. The van der Waals surface area contributed by atoms with Gasteiger partial charge in [0.2, 0.25) is 0 Å². The van der Waals surface area contributed by atoms with E-state index >= 15 is 4.79 Å². The molecule has 0 amide bonds. The predicted octanol–water partition coefficient (Wildman–Crippen LogP) is 3.69. The van der Waals surface area contributed by atoms with Crippen LogP contribution < -0.4 is 0 Å². The molecule has 7 aliphatic rings. The number of allylic oxidation sites excluding steroid dienone is 2. The minimum Gasteiger partial charge on any atom is -0.481 e. The maximum Gasteiger partial charge on any atom is 0.335 e. The van der Waals surface area contributed by atoms with Crippen molar-refractivity contribution in [2.75, 3.05) is 6.61 Å². The second kappa shape index (κ2) is 15.4. The van der Waals surface area contributed by atoms with Crippen molar-refractivity contribution in [2.45, 2.75) is 175 Å². The molecule has 0 radical (unpaired) electrons. The number of carboxylic acid groups (broad SMARTS) is 3. The Morgan fingerprint density at radius 3 is 1.95 bits per heavy atom. The Kier molecular flexibility index (Phi) is 11.7. The molecular formula is C47H70O16. The molecule has 0 aromatic rings. The highest BCUT2D eigenvalue weighted by Crippen LogP contribution is 2.82. The van der Waals surface area contributed by atoms with Crippen molar-refractivity contribution in [2.24, 2.45) is 61.1 Å². The molecule has 0 bridgehead atoms. The zero-order valence-electron chi connectivity index (χ0n) is 38.1. The van der Waals surface area contributed by atoms with Gasteiger partial charge in [-0.15, -0.1) is 6.58 Å². The lowest BCUT2D eigenvalue weighted by molar-refractivity contribution is -0.339. The molecule has 4 saturated carbocycles. The molecule has 16 nitrogen and oxygen atoms in total. The minimum absolute atomic E-state index is 0.0184. The van der Waals surface area contributed by atoms with E-state index in [2.05, 4.69) is 48.1 Å². The summed E-state index contributed by atoms with van der Waals surface area (Å²) in [5.41, 5.74) is -5.08. The number of aliphatic carboxylic acids is 3. The zero-order chi connectivity index (χ0) is 47.0. The van der Waals surface area contributed by atoms with E-state index in [-0.39, 0.29) is 23.5 Å². The second-order valence-corrected chi connectivity index (χ2v) is 22.3. The number of carbonyl (C=O) groups excluding carboxylic acids is 1. The van der Waals surface area contributed by atoms with Crippen LogP contribution in [-0.4, -0.2) is 133 Å². The lowest BCUT2D eigenvalue weighted by Gasteiger charge is -2.77. The third-order valence-electron chi connectivity index (χ3n) is 20.2.